The van der Waals surface area contributed by atoms with E-state index in [1.165, 1.54) is 26.8 Å². The molecule has 1 N–H and O–H groups in total. The van der Waals surface area contributed by atoms with Crippen molar-refractivity contribution in [3.05, 3.63) is 54.1 Å². The highest BCUT2D eigenvalue weighted by Crippen LogP contribution is 2.67. The lowest BCUT2D eigenvalue weighted by Gasteiger charge is -2.64. The minimum Gasteiger partial charge on any atom is -0.462 e. The monoisotopic (exact) mass is 696 g/mol. The Labute approximate surface area is 290 Å². The Morgan fingerprint density at radius 2 is 1.44 bits per heavy atom. The number of rotatable bonds is 7. The second kappa shape index (κ2) is 13.1. The van der Waals surface area contributed by atoms with Crippen LogP contribution in [0.1, 0.15) is 66.9 Å². The van der Waals surface area contributed by atoms with Crippen molar-refractivity contribution in [1.29, 1.82) is 0 Å². The molecule has 3 aliphatic carbocycles. The van der Waals surface area contributed by atoms with Crippen LogP contribution in [0.5, 0.6) is 0 Å². The molecule has 0 spiro atoms. The highest BCUT2D eigenvalue weighted by Gasteiger charge is 2.82. The van der Waals surface area contributed by atoms with Gasteiger partial charge in [0.05, 0.1) is 12.0 Å². The molecule has 4 fully saturated rings. The first-order chi connectivity index (χ1) is 23.3. The van der Waals surface area contributed by atoms with Gasteiger partial charge in [0.1, 0.15) is 23.9 Å². The lowest BCUT2D eigenvalue weighted by atomic mass is 9.44. The van der Waals surface area contributed by atoms with E-state index in [9.17, 15) is 33.9 Å². The first kappa shape index (κ1) is 36.9. The van der Waals surface area contributed by atoms with Crippen molar-refractivity contribution in [2.75, 3.05) is 6.61 Å². The number of esters is 5. The Hall–Kier alpha value is -4.36. The Morgan fingerprint density at radius 1 is 0.860 bits per heavy atom. The SMILES string of the molecule is C=C1[C@H](OC(=O)/C=C\c2ccccc2)C[C@H](OC(C)=O)[C@@]2(C)[C@H](OC(C)=O)[C@@H](OC(C)=O)[C@]3(O)[C@@]4(C)CO[C@]3(C)C(=O)C[C@H]4[C@@H](OC(C)=O)[C@H]12. The summed E-state index contributed by atoms with van der Waals surface area (Å²) < 4.78 is 35.9. The Bertz CT molecular complexity index is 1630. The van der Waals surface area contributed by atoms with Gasteiger partial charge in [-0.1, -0.05) is 50.8 Å². The van der Waals surface area contributed by atoms with E-state index in [0.29, 0.717) is 0 Å². The van der Waals surface area contributed by atoms with Gasteiger partial charge in [-0.05, 0) is 24.1 Å². The molecule has 1 saturated heterocycles. The maximum absolute atomic E-state index is 14.1. The molecule has 4 aliphatic rings. The van der Waals surface area contributed by atoms with E-state index >= 15 is 0 Å². The summed E-state index contributed by atoms with van der Waals surface area (Å²) in [5.41, 5.74) is -6.51. The number of fused-ring (bicyclic) bond motifs is 1. The van der Waals surface area contributed by atoms with Gasteiger partial charge < -0.3 is 33.5 Å². The summed E-state index contributed by atoms with van der Waals surface area (Å²) in [7, 11) is 0. The quantitative estimate of drug-likeness (QED) is 0.191. The van der Waals surface area contributed by atoms with Crippen LogP contribution in [0, 0.1) is 22.7 Å². The van der Waals surface area contributed by atoms with Gasteiger partial charge in [0.15, 0.2) is 23.6 Å². The summed E-state index contributed by atoms with van der Waals surface area (Å²) in [6, 6.07) is 9.03. The summed E-state index contributed by atoms with van der Waals surface area (Å²) in [4.78, 5) is 78.9. The minimum atomic E-state index is -2.36. The van der Waals surface area contributed by atoms with Gasteiger partial charge >= 0.3 is 29.8 Å². The standard InChI is InChI=1S/C37H44O13/c1-19-26(50-29(43)15-14-24-12-10-9-11-13-24)17-28(46-20(2)38)35(7)30(19)31(47-21(3)39)25-16-27(42)36(8)37(44,34(25,6)18-45-36)33(49-23(5)41)32(35)48-22(4)40/h9-15,25-26,28,30-33,44H,1,16-18H2,2-8H3/b15-14-/t25-,26+,28-,30-,31+,32+,33+,34-,35+,36+,37-/m0/s1. The normalized spacial score (nSPS) is 39.0. The van der Waals surface area contributed by atoms with Crippen molar-refractivity contribution in [1.82, 2.24) is 0 Å². The maximum atomic E-state index is 14.1. The molecule has 0 aromatic heterocycles. The summed E-state index contributed by atoms with van der Waals surface area (Å²) >= 11 is 0. The van der Waals surface area contributed by atoms with E-state index in [0.717, 1.165) is 19.4 Å². The number of ether oxygens (including phenoxy) is 6. The molecular weight excluding hydrogens is 652 g/mol. The minimum absolute atomic E-state index is 0.194. The van der Waals surface area contributed by atoms with Crippen LogP contribution < -0.4 is 0 Å². The zero-order chi connectivity index (χ0) is 37.0. The molecule has 50 heavy (non-hydrogen) atoms. The Balaban J connectivity index is 1.76. The molecule has 13 heteroatoms. The Morgan fingerprint density at radius 3 is 2.02 bits per heavy atom. The molecule has 0 amide bonds. The second-order valence-corrected chi connectivity index (χ2v) is 14.3. The predicted octanol–water partition coefficient (Wildman–Crippen LogP) is 3.05. The fraction of sp³-hybridized carbons (Fsp3) is 0.568. The van der Waals surface area contributed by atoms with Crippen molar-refractivity contribution in [2.45, 2.75) is 103 Å². The third-order valence-electron chi connectivity index (χ3n) is 11.3. The van der Waals surface area contributed by atoms with E-state index in [4.69, 9.17) is 28.4 Å². The summed E-state index contributed by atoms with van der Waals surface area (Å²) in [6.45, 7) is 13.3. The van der Waals surface area contributed by atoms with Gasteiger partial charge in [-0.25, -0.2) is 4.79 Å². The molecule has 4 bridgehead atoms. The lowest BCUT2D eigenvalue weighted by Crippen LogP contribution is -2.80. The zero-order valence-corrected chi connectivity index (χ0v) is 29.3. The molecule has 5 rings (SSSR count). The number of hydrogen-bond acceptors (Lipinski definition) is 13. The first-order valence-corrected chi connectivity index (χ1v) is 16.5. The largest absolute Gasteiger partial charge is 0.462 e. The topological polar surface area (TPSA) is 178 Å². The molecule has 1 aromatic rings. The van der Waals surface area contributed by atoms with E-state index < -0.39 is 100 Å². The fourth-order valence-corrected chi connectivity index (χ4v) is 8.98. The van der Waals surface area contributed by atoms with Crippen LogP contribution in [-0.4, -0.2) is 89.1 Å². The van der Waals surface area contributed by atoms with Crippen molar-refractivity contribution in [2.24, 2.45) is 22.7 Å². The summed E-state index contributed by atoms with van der Waals surface area (Å²) in [6.07, 6.45) is -4.76. The van der Waals surface area contributed by atoms with Crippen LogP contribution in [0.4, 0.5) is 0 Å². The van der Waals surface area contributed by atoms with Crippen molar-refractivity contribution in [3.63, 3.8) is 0 Å². The molecule has 0 radical (unpaired) electrons. The van der Waals surface area contributed by atoms with Gasteiger partial charge in [-0.15, -0.1) is 0 Å². The molecule has 1 aliphatic heterocycles. The third-order valence-corrected chi connectivity index (χ3v) is 11.3. The number of carbonyl (C=O) groups is 6. The Kier molecular flexibility index (Phi) is 9.65. The first-order valence-electron chi connectivity index (χ1n) is 16.5. The van der Waals surface area contributed by atoms with Crippen LogP contribution in [0.3, 0.4) is 0 Å². The van der Waals surface area contributed by atoms with E-state index in [2.05, 4.69) is 6.58 Å². The zero-order valence-electron chi connectivity index (χ0n) is 29.3. The van der Waals surface area contributed by atoms with E-state index in [1.807, 2.05) is 6.07 Å². The van der Waals surface area contributed by atoms with Crippen molar-refractivity contribution >= 4 is 41.7 Å². The highest BCUT2D eigenvalue weighted by molar-refractivity contribution is 5.91. The van der Waals surface area contributed by atoms with Crippen molar-refractivity contribution in [3.8, 4) is 0 Å². The van der Waals surface area contributed by atoms with Gasteiger partial charge in [0.2, 0.25) is 0 Å². The number of carbonyl (C=O) groups excluding carboxylic acids is 6. The molecule has 3 saturated carbocycles. The van der Waals surface area contributed by atoms with Crippen LogP contribution in [0.15, 0.2) is 48.6 Å². The van der Waals surface area contributed by atoms with E-state index in [1.54, 1.807) is 44.2 Å². The molecular formula is C37H44O13. The molecule has 13 nitrogen and oxygen atoms in total. The number of benzene rings is 1. The second-order valence-electron chi connectivity index (χ2n) is 14.3. The predicted molar refractivity (Wildman–Crippen MR) is 173 cm³/mol. The molecule has 11 atom stereocenters. The molecule has 270 valence electrons. The maximum Gasteiger partial charge on any atom is 0.331 e. The van der Waals surface area contributed by atoms with Crippen LogP contribution in [0.2, 0.25) is 0 Å². The number of Topliss-reactive ketones (excluding diaryl/α,β-unsaturated/α-hetero) is 1. The van der Waals surface area contributed by atoms with Gasteiger partial charge in [-0.2, -0.15) is 0 Å². The number of aliphatic hydroxyl groups is 1. The molecule has 1 heterocycles. The van der Waals surface area contributed by atoms with Gasteiger partial charge in [0, 0.05) is 63.9 Å². The summed E-state index contributed by atoms with van der Waals surface area (Å²) in [5, 5.41) is 13.0. The lowest BCUT2D eigenvalue weighted by molar-refractivity contribution is -0.295. The fourth-order valence-electron chi connectivity index (χ4n) is 8.98. The summed E-state index contributed by atoms with van der Waals surface area (Å²) in [5.74, 6) is -6.69. The average molecular weight is 697 g/mol. The van der Waals surface area contributed by atoms with Gasteiger partial charge in [0.25, 0.3) is 0 Å². The van der Waals surface area contributed by atoms with Gasteiger partial charge in [-0.3, -0.25) is 24.0 Å². The van der Waals surface area contributed by atoms with Crippen LogP contribution in [-0.2, 0) is 57.2 Å². The van der Waals surface area contributed by atoms with Crippen LogP contribution >= 0.6 is 0 Å². The highest BCUT2D eigenvalue weighted by atomic mass is 16.6. The average Bonchev–Trinajstić information content (AvgIpc) is 3.17. The van der Waals surface area contributed by atoms with E-state index in [-0.39, 0.29) is 25.0 Å². The number of hydrogen-bond donors (Lipinski definition) is 1. The molecule has 0 unspecified atom stereocenters. The third kappa shape index (κ3) is 5.73. The molecule has 1 aromatic carbocycles. The number of ketones is 1. The van der Waals surface area contributed by atoms with Crippen LogP contribution in [0.25, 0.3) is 6.08 Å². The smallest absolute Gasteiger partial charge is 0.331 e. The van der Waals surface area contributed by atoms with Crippen molar-refractivity contribution < 1.29 is 62.3 Å².